The van der Waals surface area contributed by atoms with Gasteiger partial charge >= 0.3 is 6.18 Å². The van der Waals surface area contributed by atoms with Gasteiger partial charge in [0.05, 0.1) is 12.2 Å². The number of halogens is 4. The zero-order valence-corrected chi connectivity index (χ0v) is 11.9. The first kappa shape index (κ1) is 15.3. The molecule has 0 aliphatic rings. The van der Waals surface area contributed by atoms with Crippen LogP contribution in [0, 0.1) is 5.92 Å². The van der Waals surface area contributed by atoms with Crippen molar-refractivity contribution < 1.29 is 17.9 Å². The molecule has 0 spiro atoms. The summed E-state index contributed by atoms with van der Waals surface area (Å²) in [6, 6.07) is 4.15. The number of hydrogen-bond acceptors (Lipinski definition) is 1. The van der Waals surface area contributed by atoms with Gasteiger partial charge in [-0.05, 0) is 30.0 Å². The Kier molecular flexibility index (Phi) is 5.50. The average Bonchev–Trinajstić information content (AvgIpc) is 2.27. The molecule has 0 amide bonds. The zero-order chi connectivity index (χ0) is 13.8. The molecule has 0 N–H and O–H groups in total. The van der Waals surface area contributed by atoms with Gasteiger partial charge in [-0.15, -0.1) is 0 Å². The summed E-state index contributed by atoms with van der Waals surface area (Å²) in [5.74, 6) is 0.314. The molecule has 1 rings (SSSR count). The van der Waals surface area contributed by atoms with E-state index in [4.69, 9.17) is 4.74 Å². The molecule has 1 aromatic carbocycles. The van der Waals surface area contributed by atoms with Crippen LogP contribution in [-0.4, -0.2) is 6.61 Å². The van der Waals surface area contributed by atoms with Gasteiger partial charge in [0.25, 0.3) is 0 Å². The summed E-state index contributed by atoms with van der Waals surface area (Å²) in [5, 5.41) is 0.391. The molecule has 0 aliphatic heterocycles. The first-order valence-corrected chi connectivity index (χ1v) is 6.85. The average molecular weight is 325 g/mol. The fourth-order valence-electron chi connectivity index (χ4n) is 1.41. The highest BCUT2D eigenvalue weighted by Crippen LogP contribution is 2.37. The van der Waals surface area contributed by atoms with Crippen molar-refractivity contribution in [1.82, 2.24) is 0 Å². The minimum absolute atomic E-state index is 0.0900. The molecule has 0 bridgehead atoms. The van der Waals surface area contributed by atoms with Gasteiger partial charge in [-0.1, -0.05) is 35.8 Å². The molecular weight excluding hydrogens is 309 g/mol. The van der Waals surface area contributed by atoms with Crippen molar-refractivity contribution in [2.75, 3.05) is 6.61 Å². The van der Waals surface area contributed by atoms with Gasteiger partial charge in [0, 0.05) is 5.33 Å². The minimum atomic E-state index is -4.38. The summed E-state index contributed by atoms with van der Waals surface area (Å²) >= 11 is 3.15. The van der Waals surface area contributed by atoms with E-state index in [0.29, 0.717) is 23.4 Å². The van der Waals surface area contributed by atoms with Gasteiger partial charge < -0.3 is 4.74 Å². The van der Waals surface area contributed by atoms with E-state index in [1.54, 1.807) is 6.07 Å². The third kappa shape index (κ3) is 4.52. The molecule has 1 aromatic rings. The van der Waals surface area contributed by atoms with E-state index in [1.807, 2.05) is 13.8 Å². The molecule has 18 heavy (non-hydrogen) atoms. The Bertz CT molecular complexity index is 388. The van der Waals surface area contributed by atoms with Crippen LogP contribution in [0.25, 0.3) is 0 Å². The zero-order valence-electron chi connectivity index (χ0n) is 10.4. The van der Waals surface area contributed by atoms with Crippen LogP contribution in [0.2, 0.25) is 0 Å². The van der Waals surface area contributed by atoms with E-state index in [2.05, 4.69) is 15.9 Å². The Morgan fingerprint density at radius 2 is 1.94 bits per heavy atom. The van der Waals surface area contributed by atoms with Crippen LogP contribution < -0.4 is 4.74 Å². The highest BCUT2D eigenvalue weighted by Gasteiger charge is 2.34. The largest absolute Gasteiger partial charge is 0.493 e. The molecule has 0 aromatic heterocycles. The molecule has 0 radical (unpaired) electrons. The highest BCUT2D eigenvalue weighted by atomic mass is 79.9. The topological polar surface area (TPSA) is 9.23 Å². The number of rotatable bonds is 5. The number of benzene rings is 1. The molecular formula is C13H16BrF3O. The maximum Gasteiger partial charge on any atom is 0.419 e. The van der Waals surface area contributed by atoms with E-state index in [-0.39, 0.29) is 5.75 Å². The quantitative estimate of drug-likeness (QED) is 0.690. The predicted octanol–water partition coefficient (Wildman–Crippen LogP) is 5.03. The van der Waals surface area contributed by atoms with Crippen LogP contribution in [-0.2, 0) is 11.5 Å². The lowest BCUT2D eigenvalue weighted by molar-refractivity contribution is -0.139. The van der Waals surface area contributed by atoms with Crippen LogP contribution in [0.3, 0.4) is 0 Å². The third-order valence-corrected chi connectivity index (χ3v) is 3.10. The van der Waals surface area contributed by atoms with Crippen LogP contribution in [0.5, 0.6) is 5.75 Å². The lowest BCUT2D eigenvalue weighted by atomic mass is 10.1. The van der Waals surface area contributed by atoms with E-state index in [1.165, 1.54) is 6.07 Å². The number of alkyl halides is 4. The monoisotopic (exact) mass is 324 g/mol. The Labute approximate surface area is 113 Å². The van der Waals surface area contributed by atoms with Crippen LogP contribution >= 0.6 is 15.9 Å². The Morgan fingerprint density at radius 1 is 1.28 bits per heavy atom. The molecule has 1 nitrogen and oxygen atoms in total. The Hall–Kier alpha value is -0.710. The second-order valence-electron chi connectivity index (χ2n) is 4.49. The van der Waals surface area contributed by atoms with Crippen molar-refractivity contribution in [3.05, 3.63) is 29.3 Å². The fourth-order valence-corrected chi connectivity index (χ4v) is 1.76. The van der Waals surface area contributed by atoms with Gasteiger partial charge in [-0.25, -0.2) is 0 Å². The lowest BCUT2D eigenvalue weighted by Crippen LogP contribution is -2.10. The fraction of sp³-hybridized carbons (Fsp3) is 0.538. The first-order chi connectivity index (χ1) is 8.34. The second kappa shape index (κ2) is 6.45. The Balaban J connectivity index is 2.89. The summed E-state index contributed by atoms with van der Waals surface area (Å²) < 4.78 is 43.8. The standard InChI is InChI=1S/C13H16BrF3O/c1-9(2)5-6-18-12-4-3-10(8-14)7-11(12)13(15,16)17/h3-4,7,9H,5-6,8H2,1-2H3. The van der Waals surface area contributed by atoms with Gasteiger partial charge in [-0.3, -0.25) is 0 Å². The van der Waals surface area contributed by atoms with Crippen molar-refractivity contribution in [2.45, 2.75) is 31.8 Å². The van der Waals surface area contributed by atoms with E-state index in [0.717, 1.165) is 12.5 Å². The van der Waals surface area contributed by atoms with Crippen LogP contribution in [0.4, 0.5) is 13.2 Å². The third-order valence-electron chi connectivity index (χ3n) is 2.46. The summed E-state index contributed by atoms with van der Waals surface area (Å²) in [5.41, 5.74) is -0.123. The molecule has 0 saturated carbocycles. The smallest absolute Gasteiger partial charge is 0.419 e. The van der Waals surface area contributed by atoms with E-state index >= 15 is 0 Å². The van der Waals surface area contributed by atoms with Crippen molar-refractivity contribution in [1.29, 1.82) is 0 Å². The normalized spacial score (nSPS) is 11.9. The molecule has 0 unspecified atom stereocenters. The maximum atomic E-state index is 12.9. The van der Waals surface area contributed by atoms with Crippen molar-refractivity contribution in [3.63, 3.8) is 0 Å². The molecule has 0 aliphatic carbocycles. The second-order valence-corrected chi connectivity index (χ2v) is 5.05. The first-order valence-electron chi connectivity index (χ1n) is 5.73. The molecule has 0 heterocycles. The maximum absolute atomic E-state index is 12.9. The molecule has 5 heteroatoms. The van der Waals surface area contributed by atoms with E-state index in [9.17, 15) is 13.2 Å². The van der Waals surface area contributed by atoms with Gasteiger partial charge in [0.1, 0.15) is 5.75 Å². The Morgan fingerprint density at radius 3 is 2.44 bits per heavy atom. The summed E-state index contributed by atoms with van der Waals surface area (Å²) in [7, 11) is 0. The molecule has 0 atom stereocenters. The number of hydrogen-bond donors (Lipinski definition) is 0. The van der Waals surface area contributed by atoms with Gasteiger partial charge in [0.2, 0.25) is 0 Å². The molecule has 102 valence electrons. The lowest BCUT2D eigenvalue weighted by Gasteiger charge is -2.15. The molecule has 0 fully saturated rings. The summed E-state index contributed by atoms with van der Waals surface area (Å²) in [6.45, 7) is 4.30. The van der Waals surface area contributed by atoms with Crippen molar-refractivity contribution in [3.8, 4) is 5.75 Å². The van der Waals surface area contributed by atoms with Crippen LogP contribution in [0.1, 0.15) is 31.4 Å². The summed E-state index contributed by atoms with van der Waals surface area (Å²) in [6.07, 6.45) is -3.65. The van der Waals surface area contributed by atoms with Gasteiger partial charge in [0.15, 0.2) is 0 Å². The van der Waals surface area contributed by atoms with E-state index < -0.39 is 11.7 Å². The highest BCUT2D eigenvalue weighted by molar-refractivity contribution is 9.08. The van der Waals surface area contributed by atoms with Crippen molar-refractivity contribution in [2.24, 2.45) is 5.92 Å². The minimum Gasteiger partial charge on any atom is -0.493 e. The van der Waals surface area contributed by atoms with Gasteiger partial charge in [-0.2, -0.15) is 13.2 Å². The molecule has 0 saturated heterocycles. The predicted molar refractivity (Wildman–Crippen MR) is 69.0 cm³/mol. The van der Waals surface area contributed by atoms with Crippen LogP contribution in [0.15, 0.2) is 18.2 Å². The number of ether oxygens (including phenoxy) is 1. The van der Waals surface area contributed by atoms with Crippen molar-refractivity contribution >= 4 is 15.9 Å². The summed E-state index contributed by atoms with van der Waals surface area (Å²) in [4.78, 5) is 0. The SMILES string of the molecule is CC(C)CCOc1ccc(CBr)cc1C(F)(F)F.